The predicted octanol–water partition coefficient (Wildman–Crippen LogP) is 7.64. The molecule has 0 amide bonds. The fourth-order valence-corrected chi connectivity index (χ4v) is 4.68. The standard InChI is InChI=1S/C32H27ClN2O3/c1-4-5-32(36)23-8-6-22(7-9-23)20-38-35-31(19-30(34-35)27-14-21(2)15-28(33)17-27)26-11-10-25-18-29(37-3)13-12-24(25)16-26/h1,6-19H,4-5,20H2,2-3H3. The summed E-state index contributed by atoms with van der Waals surface area (Å²) in [4.78, 5) is 19.9. The van der Waals surface area contributed by atoms with E-state index in [1.165, 1.54) is 0 Å². The molecular weight excluding hydrogens is 496 g/mol. The van der Waals surface area contributed by atoms with Crippen molar-refractivity contribution in [3.8, 4) is 28.3 Å². The number of hydrogen-bond donors (Lipinski definition) is 0. The smallest absolute Gasteiger partial charge is 0.162 e. The van der Waals surface area contributed by atoms with Crippen LogP contribution in [0.3, 0.4) is 0 Å². The number of rotatable bonds is 9. The highest BCUT2D eigenvalue weighted by molar-refractivity contribution is 6.31. The molecule has 0 aliphatic heterocycles. The van der Waals surface area contributed by atoms with Crippen LogP contribution < -0.4 is 9.57 Å². The Morgan fingerprint density at radius 2 is 1.68 bits per heavy atom. The Bertz CT molecular complexity index is 1590. The third-order valence-electron chi connectivity index (χ3n) is 6.36. The van der Waals surface area contributed by atoms with E-state index in [-0.39, 0.29) is 12.4 Å². The van der Waals surface area contributed by atoms with Crippen LogP contribution in [0.2, 0.25) is 5.02 Å². The Hall–Kier alpha value is -4.09. The summed E-state index contributed by atoms with van der Waals surface area (Å²) in [6, 6.07) is 27.5. The van der Waals surface area contributed by atoms with Gasteiger partial charge in [0.1, 0.15) is 18.1 Å². The Morgan fingerprint density at radius 1 is 0.921 bits per heavy atom. The summed E-state index contributed by atoms with van der Waals surface area (Å²) in [5, 5.41) is 7.59. The largest absolute Gasteiger partial charge is 0.497 e. The van der Waals surface area contributed by atoms with E-state index in [0.717, 1.165) is 50.2 Å². The molecule has 1 aromatic heterocycles. The van der Waals surface area contributed by atoms with Crippen LogP contribution in [0.4, 0.5) is 0 Å². The van der Waals surface area contributed by atoms with E-state index in [0.29, 0.717) is 23.4 Å². The van der Waals surface area contributed by atoms with Gasteiger partial charge < -0.3 is 9.57 Å². The van der Waals surface area contributed by atoms with E-state index >= 15 is 0 Å². The topological polar surface area (TPSA) is 53.4 Å². The maximum Gasteiger partial charge on any atom is 0.162 e. The number of aromatic nitrogens is 2. The van der Waals surface area contributed by atoms with Gasteiger partial charge in [-0.3, -0.25) is 4.79 Å². The van der Waals surface area contributed by atoms with Gasteiger partial charge in [-0.2, -0.15) is 0 Å². The molecule has 0 atom stereocenters. The first-order valence-corrected chi connectivity index (χ1v) is 12.7. The first-order chi connectivity index (χ1) is 18.4. The number of ether oxygens (including phenoxy) is 1. The molecule has 190 valence electrons. The molecular formula is C32H27ClN2O3. The number of ketones is 1. The van der Waals surface area contributed by atoms with Gasteiger partial charge in [0.25, 0.3) is 0 Å². The monoisotopic (exact) mass is 522 g/mol. The second-order valence-electron chi connectivity index (χ2n) is 9.17. The fourth-order valence-electron chi connectivity index (χ4n) is 4.39. The number of carbonyl (C=O) groups is 1. The summed E-state index contributed by atoms with van der Waals surface area (Å²) < 4.78 is 5.37. The van der Waals surface area contributed by atoms with Crippen LogP contribution in [0.5, 0.6) is 5.75 Å². The lowest BCUT2D eigenvalue weighted by atomic mass is 10.0. The van der Waals surface area contributed by atoms with Crippen LogP contribution in [0.15, 0.2) is 84.9 Å². The van der Waals surface area contributed by atoms with Gasteiger partial charge in [0.05, 0.1) is 12.8 Å². The van der Waals surface area contributed by atoms with Crippen molar-refractivity contribution in [2.45, 2.75) is 26.4 Å². The quantitative estimate of drug-likeness (QED) is 0.187. The van der Waals surface area contributed by atoms with Crippen LogP contribution in [0.25, 0.3) is 33.3 Å². The highest BCUT2D eigenvalue weighted by Gasteiger charge is 2.15. The van der Waals surface area contributed by atoms with Crippen molar-refractivity contribution in [2.75, 3.05) is 7.11 Å². The molecule has 0 N–H and O–H groups in total. The molecule has 0 aliphatic carbocycles. The average Bonchev–Trinajstić information content (AvgIpc) is 3.35. The zero-order valence-corrected chi connectivity index (χ0v) is 22.0. The Labute approximate surface area is 227 Å². The summed E-state index contributed by atoms with van der Waals surface area (Å²) in [6.07, 6.45) is 0.666. The van der Waals surface area contributed by atoms with E-state index in [2.05, 4.69) is 12.1 Å². The second-order valence-corrected chi connectivity index (χ2v) is 9.60. The number of aryl methyl sites for hydroxylation is 1. The summed E-state index contributed by atoms with van der Waals surface area (Å²) in [6.45, 7) is 7.79. The molecule has 0 saturated carbocycles. The molecule has 0 spiro atoms. The molecule has 0 fully saturated rings. The van der Waals surface area contributed by atoms with Crippen LogP contribution >= 0.6 is 11.6 Å². The minimum absolute atomic E-state index is 0.0321. The fraction of sp³-hybridized carbons (Fsp3) is 0.156. The lowest BCUT2D eigenvalue weighted by molar-refractivity contribution is 0.0741. The van der Waals surface area contributed by atoms with Gasteiger partial charge in [-0.05, 0) is 84.6 Å². The normalized spacial score (nSPS) is 11.1. The number of fused-ring (bicyclic) bond motifs is 1. The Balaban J connectivity index is 1.49. The SMILES string of the molecule is [CH]CCC(=O)c1ccc(COn2nc(-c3cc(C)cc(Cl)c3)cc2-c2ccc3cc(OC)ccc3c2)cc1. The molecule has 6 heteroatoms. The number of hydrogen-bond acceptors (Lipinski definition) is 4. The zero-order valence-electron chi connectivity index (χ0n) is 21.3. The average molecular weight is 523 g/mol. The number of benzene rings is 4. The van der Waals surface area contributed by atoms with E-state index in [1.807, 2.05) is 67.6 Å². The number of methoxy groups -OCH3 is 1. The molecule has 4 aromatic carbocycles. The molecule has 5 aromatic rings. The van der Waals surface area contributed by atoms with Crippen LogP contribution in [0.1, 0.15) is 34.3 Å². The summed E-state index contributed by atoms with van der Waals surface area (Å²) >= 11 is 6.34. The van der Waals surface area contributed by atoms with Crippen molar-refractivity contribution in [1.29, 1.82) is 0 Å². The molecule has 0 aliphatic rings. The van der Waals surface area contributed by atoms with Crippen molar-refractivity contribution in [3.63, 3.8) is 0 Å². The molecule has 0 bridgehead atoms. The Kier molecular flexibility index (Phi) is 7.47. The Morgan fingerprint density at radius 3 is 2.42 bits per heavy atom. The van der Waals surface area contributed by atoms with Gasteiger partial charge in [-0.15, -0.1) is 5.10 Å². The van der Waals surface area contributed by atoms with E-state index in [9.17, 15) is 4.79 Å². The maximum atomic E-state index is 12.1. The molecule has 0 unspecified atom stereocenters. The molecule has 5 rings (SSSR count). The molecule has 38 heavy (non-hydrogen) atoms. The molecule has 5 nitrogen and oxygen atoms in total. The van der Waals surface area contributed by atoms with E-state index in [1.54, 1.807) is 24.1 Å². The number of Topliss-reactive ketones (excluding diaryl/α,β-unsaturated/α-hetero) is 1. The second kappa shape index (κ2) is 11.1. The van der Waals surface area contributed by atoms with Gasteiger partial charge in [-0.1, -0.05) is 58.9 Å². The van der Waals surface area contributed by atoms with Crippen molar-refractivity contribution in [1.82, 2.24) is 9.94 Å². The third kappa shape index (κ3) is 5.58. The molecule has 2 radical (unpaired) electrons. The van der Waals surface area contributed by atoms with Gasteiger partial charge in [0.15, 0.2) is 5.78 Å². The van der Waals surface area contributed by atoms with Gasteiger partial charge in [0.2, 0.25) is 0 Å². The lowest BCUT2D eigenvalue weighted by Crippen LogP contribution is -2.14. The van der Waals surface area contributed by atoms with Crippen LogP contribution in [-0.4, -0.2) is 22.8 Å². The van der Waals surface area contributed by atoms with Crippen molar-refractivity contribution < 1.29 is 14.4 Å². The zero-order chi connectivity index (χ0) is 26.6. The summed E-state index contributed by atoms with van der Waals surface area (Å²) in [7, 11) is 1.66. The molecule has 0 saturated heterocycles. The predicted molar refractivity (Wildman–Crippen MR) is 151 cm³/mol. The summed E-state index contributed by atoms with van der Waals surface area (Å²) in [5.74, 6) is 0.845. The van der Waals surface area contributed by atoms with Gasteiger partial charge in [-0.25, -0.2) is 0 Å². The number of halogens is 1. The minimum Gasteiger partial charge on any atom is -0.497 e. The van der Waals surface area contributed by atoms with Crippen molar-refractivity contribution in [3.05, 3.63) is 114 Å². The number of carbonyl (C=O) groups excluding carboxylic acids is 1. The van der Waals surface area contributed by atoms with Crippen LogP contribution in [0, 0.1) is 13.8 Å². The van der Waals surface area contributed by atoms with Crippen LogP contribution in [-0.2, 0) is 6.61 Å². The highest BCUT2D eigenvalue weighted by Crippen LogP contribution is 2.31. The molecule has 1 heterocycles. The first kappa shape index (κ1) is 25.6. The maximum absolute atomic E-state index is 12.1. The third-order valence-corrected chi connectivity index (χ3v) is 6.58. The van der Waals surface area contributed by atoms with Crippen molar-refractivity contribution in [2.24, 2.45) is 0 Å². The van der Waals surface area contributed by atoms with Gasteiger partial charge in [0, 0.05) is 28.1 Å². The lowest BCUT2D eigenvalue weighted by Gasteiger charge is -2.11. The van der Waals surface area contributed by atoms with Gasteiger partial charge >= 0.3 is 0 Å². The minimum atomic E-state index is 0.0321. The van der Waals surface area contributed by atoms with E-state index in [4.69, 9.17) is 33.2 Å². The number of nitrogens with zero attached hydrogens (tertiary/aromatic N) is 2. The van der Waals surface area contributed by atoms with E-state index < -0.39 is 0 Å². The van der Waals surface area contributed by atoms with Crippen molar-refractivity contribution >= 4 is 28.2 Å². The highest BCUT2D eigenvalue weighted by atomic mass is 35.5. The first-order valence-electron chi connectivity index (χ1n) is 12.3. The summed E-state index contributed by atoms with van der Waals surface area (Å²) in [5.41, 5.74) is 6.04.